The minimum atomic E-state index is 0.254. The number of nitrogens with zero attached hydrogens (tertiary/aromatic N) is 2. The highest BCUT2D eigenvalue weighted by molar-refractivity contribution is 5.76. The SMILES string of the molecule is CCn1c(CCCC(C)=O)nc2ccccc21. The second-order valence-electron chi connectivity index (χ2n) is 4.32. The third-order valence-corrected chi connectivity index (χ3v) is 2.98. The van der Waals surface area contributed by atoms with Crippen molar-refractivity contribution < 1.29 is 4.79 Å². The molecule has 1 aromatic carbocycles. The van der Waals surface area contributed by atoms with Gasteiger partial charge in [-0.2, -0.15) is 0 Å². The van der Waals surface area contributed by atoms with Gasteiger partial charge in [-0.15, -0.1) is 0 Å². The van der Waals surface area contributed by atoms with E-state index in [0.717, 1.165) is 30.7 Å². The van der Waals surface area contributed by atoms with Gasteiger partial charge in [-0.25, -0.2) is 4.98 Å². The van der Waals surface area contributed by atoms with Gasteiger partial charge in [-0.05, 0) is 32.4 Å². The minimum Gasteiger partial charge on any atom is -0.328 e. The van der Waals surface area contributed by atoms with Crippen LogP contribution < -0.4 is 0 Å². The van der Waals surface area contributed by atoms with Crippen LogP contribution in [0, 0.1) is 0 Å². The van der Waals surface area contributed by atoms with Gasteiger partial charge < -0.3 is 9.36 Å². The molecule has 0 saturated heterocycles. The molecule has 0 saturated carbocycles. The molecule has 3 heteroatoms. The Balaban J connectivity index is 2.24. The Bertz CT molecular complexity index is 528. The van der Waals surface area contributed by atoms with E-state index in [1.807, 2.05) is 18.2 Å². The quantitative estimate of drug-likeness (QED) is 0.791. The number of carbonyl (C=O) groups is 1. The molecule has 1 aromatic heterocycles. The third-order valence-electron chi connectivity index (χ3n) is 2.98. The molecule has 0 fully saturated rings. The standard InChI is InChI=1S/C14H18N2O/c1-3-16-13-9-5-4-8-12(13)15-14(16)10-6-7-11(2)17/h4-5,8-9H,3,6-7,10H2,1-2H3. The van der Waals surface area contributed by atoms with Gasteiger partial charge in [0.15, 0.2) is 0 Å². The lowest BCUT2D eigenvalue weighted by molar-refractivity contribution is -0.117. The van der Waals surface area contributed by atoms with E-state index in [2.05, 4.69) is 22.5 Å². The van der Waals surface area contributed by atoms with Crippen molar-refractivity contribution in [2.45, 2.75) is 39.7 Å². The van der Waals surface area contributed by atoms with Crippen LogP contribution in [0.3, 0.4) is 0 Å². The number of Topliss-reactive ketones (excluding diaryl/α,β-unsaturated/α-hetero) is 1. The largest absolute Gasteiger partial charge is 0.328 e. The molecule has 0 radical (unpaired) electrons. The van der Waals surface area contributed by atoms with E-state index in [1.165, 1.54) is 5.52 Å². The zero-order chi connectivity index (χ0) is 12.3. The molecule has 0 amide bonds. The Morgan fingerprint density at radius 1 is 1.35 bits per heavy atom. The number of carbonyl (C=O) groups excluding carboxylic acids is 1. The van der Waals surface area contributed by atoms with E-state index < -0.39 is 0 Å². The van der Waals surface area contributed by atoms with Crippen LogP contribution in [0.5, 0.6) is 0 Å². The van der Waals surface area contributed by atoms with Crippen LogP contribution in [0.1, 0.15) is 32.5 Å². The number of aromatic nitrogens is 2. The predicted octanol–water partition coefficient (Wildman–Crippen LogP) is 2.97. The number of aryl methyl sites for hydroxylation is 2. The lowest BCUT2D eigenvalue weighted by Gasteiger charge is -2.05. The van der Waals surface area contributed by atoms with Crippen LogP contribution in [0.15, 0.2) is 24.3 Å². The predicted molar refractivity (Wildman–Crippen MR) is 69.0 cm³/mol. The summed E-state index contributed by atoms with van der Waals surface area (Å²) in [5.74, 6) is 1.35. The van der Waals surface area contributed by atoms with Crippen molar-refractivity contribution in [1.82, 2.24) is 9.55 Å². The van der Waals surface area contributed by atoms with E-state index in [4.69, 9.17) is 0 Å². The molecule has 3 nitrogen and oxygen atoms in total. The highest BCUT2D eigenvalue weighted by Crippen LogP contribution is 2.17. The van der Waals surface area contributed by atoms with E-state index in [0.29, 0.717) is 6.42 Å². The van der Waals surface area contributed by atoms with Gasteiger partial charge in [0, 0.05) is 19.4 Å². The highest BCUT2D eigenvalue weighted by atomic mass is 16.1. The molecule has 2 rings (SSSR count). The molecule has 0 aliphatic heterocycles. The summed E-state index contributed by atoms with van der Waals surface area (Å²) in [7, 11) is 0. The first-order valence-electron chi connectivity index (χ1n) is 6.16. The van der Waals surface area contributed by atoms with E-state index in [9.17, 15) is 4.79 Å². The monoisotopic (exact) mass is 230 g/mol. The number of hydrogen-bond donors (Lipinski definition) is 0. The van der Waals surface area contributed by atoms with E-state index in [1.54, 1.807) is 6.92 Å². The maximum atomic E-state index is 10.9. The number of hydrogen-bond acceptors (Lipinski definition) is 2. The van der Waals surface area contributed by atoms with Crippen LogP contribution in [-0.4, -0.2) is 15.3 Å². The molecule has 0 spiro atoms. The molecule has 0 unspecified atom stereocenters. The Labute approximate surface area is 101 Å². The smallest absolute Gasteiger partial charge is 0.129 e. The number of benzene rings is 1. The fourth-order valence-electron chi connectivity index (χ4n) is 2.16. The lowest BCUT2D eigenvalue weighted by atomic mass is 10.2. The van der Waals surface area contributed by atoms with Crippen LogP contribution in [0.2, 0.25) is 0 Å². The highest BCUT2D eigenvalue weighted by Gasteiger charge is 2.08. The Kier molecular flexibility index (Phi) is 3.57. The van der Waals surface area contributed by atoms with Crippen molar-refractivity contribution in [3.8, 4) is 0 Å². The summed E-state index contributed by atoms with van der Waals surface area (Å²) in [4.78, 5) is 15.6. The number of ketones is 1. The van der Waals surface area contributed by atoms with Crippen LogP contribution in [-0.2, 0) is 17.8 Å². The summed E-state index contributed by atoms with van der Waals surface area (Å²) in [5, 5.41) is 0. The molecule has 0 atom stereocenters. The number of rotatable bonds is 5. The van der Waals surface area contributed by atoms with Crippen molar-refractivity contribution >= 4 is 16.8 Å². The number of imidazole rings is 1. The molecule has 0 bridgehead atoms. The molecule has 90 valence electrons. The maximum absolute atomic E-state index is 10.9. The topological polar surface area (TPSA) is 34.9 Å². The van der Waals surface area contributed by atoms with Gasteiger partial charge in [-0.3, -0.25) is 0 Å². The van der Waals surface area contributed by atoms with Gasteiger partial charge in [0.25, 0.3) is 0 Å². The van der Waals surface area contributed by atoms with Gasteiger partial charge in [0.05, 0.1) is 11.0 Å². The van der Waals surface area contributed by atoms with Gasteiger partial charge in [-0.1, -0.05) is 12.1 Å². The van der Waals surface area contributed by atoms with Crippen molar-refractivity contribution in [2.75, 3.05) is 0 Å². The average Bonchev–Trinajstić information content (AvgIpc) is 2.66. The van der Waals surface area contributed by atoms with Crippen LogP contribution >= 0.6 is 0 Å². The Hall–Kier alpha value is -1.64. The van der Waals surface area contributed by atoms with Crippen molar-refractivity contribution in [3.05, 3.63) is 30.1 Å². The van der Waals surface area contributed by atoms with Gasteiger partial charge >= 0.3 is 0 Å². The second kappa shape index (κ2) is 5.13. The summed E-state index contributed by atoms with van der Waals surface area (Å²) >= 11 is 0. The van der Waals surface area contributed by atoms with E-state index >= 15 is 0 Å². The summed E-state index contributed by atoms with van der Waals surface area (Å²) in [6.07, 6.45) is 2.41. The fourth-order valence-corrected chi connectivity index (χ4v) is 2.16. The summed E-state index contributed by atoms with van der Waals surface area (Å²) in [6, 6.07) is 8.18. The van der Waals surface area contributed by atoms with Crippen LogP contribution in [0.25, 0.3) is 11.0 Å². The molecular weight excluding hydrogens is 212 g/mol. The summed E-state index contributed by atoms with van der Waals surface area (Å²) in [6.45, 7) is 4.70. The summed E-state index contributed by atoms with van der Waals surface area (Å²) in [5.41, 5.74) is 2.24. The summed E-state index contributed by atoms with van der Waals surface area (Å²) < 4.78 is 2.23. The first kappa shape index (κ1) is 11.8. The number of fused-ring (bicyclic) bond motifs is 1. The number of para-hydroxylation sites is 2. The lowest BCUT2D eigenvalue weighted by Crippen LogP contribution is -2.02. The van der Waals surface area contributed by atoms with Gasteiger partial charge in [0.2, 0.25) is 0 Å². The average molecular weight is 230 g/mol. The zero-order valence-electron chi connectivity index (χ0n) is 10.4. The van der Waals surface area contributed by atoms with Crippen molar-refractivity contribution in [3.63, 3.8) is 0 Å². The fraction of sp³-hybridized carbons (Fsp3) is 0.429. The second-order valence-corrected chi connectivity index (χ2v) is 4.32. The maximum Gasteiger partial charge on any atom is 0.129 e. The van der Waals surface area contributed by atoms with Crippen molar-refractivity contribution in [2.24, 2.45) is 0 Å². The van der Waals surface area contributed by atoms with Crippen LogP contribution in [0.4, 0.5) is 0 Å². The van der Waals surface area contributed by atoms with Gasteiger partial charge in [0.1, 0.15) is 11.6 Å². The molecule has 1 heterocycles. The first-order chi connectivity index (χ1) is 8.22. The zero-order valence-corrected chi connectivity index (χ0v) is 10.4. The van der Waals surface area contributed by atoms with Crippen molar-refractivity contribution in [1.29, 1.82) is 0 Å². The normalized spacial score (nSPS) is 10.9. The minimum absolute atomic E-state index is 0.254. The molecule has 0 N–H and O–H groups in total. The first-order valence-corrected chi connectivity index (χ1v) is 6.16. The molecule has 17 heavy (non-hydrogen) atoms. The molecular formula is C14H18N2O. The molecule has 2 aromatic rings. The molecule has 0 aliphatic rings. The third kappa shape index (κ3) is 2.54. The Morgan fingerprint density at radius 3 is 2.82 bits per heavy atom. The van der Waals surface area contributed by atoms with E-state index in [-0.39, 0.29) is 5.78 Å². The molecule has 0 aliphatic carbocycles. The Morgan fingerprint density at radius 2 is 2.12 bits per heavy atom.